The summed E-state index contributed by atoms with van der Waals surface area (Å²) in [6, 6.07) is 21.9. The summed E-state index contributed by atoms with van der Waals surface area (Å²) in [4.78, 5) is 24.1. The summed E-state index contributed by atoms with van der Waals surface area (Å²) in [6.07, 6.45) is 1.94. The molecule has 1 aromatic heterocycles. The largest absolute Gasteiger partial charge is 0.326 e. The highest BCUT2D eigenvalue weighted by atomic mass is 35.5. The van der Waals surface area contributed by atoms with Gasteiger partial charge in [0.2, 0.25) is 11.8 Å². The molecule has 0 atom stereocenters. The molecular formula is C25H20Cl2N4O2. The van der Waals surface area contributed by atoms with Crippen molar-refractivity contribution >= 4 is 46.4 Å². The number of nitrogens with zero attached hydrogens (tertiary/aromatic N) is 2. The van der Waals surface area contributed by atoms with Crippen molar-refractivity contribution in [3.8, 4) is 16.9 Å². The molecule has 0 saturated heterocycles. The maximum atomic E-state index is 12.9. The second-order valence-electron chi connectivity index (χ2n) is 7.39. The molecule has 4 rings (SSSR count). The average Bonchev–Trinajstić information content (AvgIpc) is 3.20. The molecule has 0 aliphatic rings. The summed E-state index contributed by atoms with van der Waals surface area (Å²) in [6.45, 7) is 1.41. The Hall–Kier alpha value is -3.61. The van der Waals surface area contributed by atoms with Gasteiger partial charge in [-0.25, -0.2) is 4.68 Å². The Morgan fingerprint density at radius 2 is 1.67 bits per heavy atom. The van der Waals surface area contributed by atoms with Crippen molar-refractivity contribution in [2.45, 2.75) is 13.3 Å². The van der Waals surface area contributed by atoms with Crippen LogP contribution in [-0.2, 0) is 16.0 Å². The van der Waals surface area contributed by atoms with E-state index in [1.165, 1.54) is 6.92 Å². The van der Waals surface area contributed by atoms with Crippen LogP contribution in [-0.4, -0.2) is 21.6 Å². The SMILES string of the molecule is CC(=O)Nc1ccc(NC(=O)Cc2cn(-c3ccccc3)nc2-c2ccc(Cl)cc2)c(Cl)c1. The predicted octanol–water partition coefficient (Wildman–Crippen LogP) is 5.99. The predicted molar refractivity (Wildman–Crippen MR) is 132 cm³/mol. The Balaban J connectivity index is 1.60. The minimum Gasteiger partial charge on any atom is -0.326 e. The van der Waals surface area contributed by atoms with E-state index >= 15 is 0 Å². The maximum Gasteiger partial charge on any atom is 0.228 e. The Morgan fingerprint density at radius 1 is 0.939 bits per heavy atom. The van der Waals surface area contributed by atoms with Gasteiger partial charge in [0.05, 0.1) is 28.5 Å². The number of anilines is 2. The molecule has 3 aromatic carbocycles. The van der Waals surface area contributed by atoms with E-state index in [0.29, 0.717) is 27.1 Å². The lowest BCUT2D eigenvalue weighted by Crippen LogP contribution is -2.15. The molecule has 0 aliphatic heterocycles. The number of aromatic nitrogens is 2. The number of nitrogens with one attached hydrogen (secondary N) is 2. The number of hydrogen-bond acceptors (Lipinski definition) is 3. The van der Waals surface area contributed by atoms with Crippen LogP contribution in [0.3, 0.4) is 0 Å². The van der Waals surface area contributed by atoms with Gasteiger partial charge in [0.1, 0.15) is 0 Å². The fourth-order valence-corrected chi connectivity index (χ4v) is 3.72. The highest BCUT2D eigenvalue weighted by Gasteiger charge is 2.16. The fraction of sp³-hybridized carbons (Fsp3) is 0.0800. The first-order valence-corrected chi connectivity index (χ1v) is 10.9. The van der Waals surface area contributed by atoms with Crippen LogP contribution in [0.1, 0.15) is 12.5 Å². The van der Waals surface area contributed by atoms with E-state index in [2.05, 4.69) is 10.6 Å². The van der Waals surface area contributed by atoms with Gasteiger partial charge in [-0.2, -0.15) is 5.10 Å². The van der Waals surface area contributed by atoms with Crippen molar-refractivity contribution in [1.82, 2.24) is 9.78 Å². The molecule has 6 nitrogen and oxygen atoms in total. The molecule has 0 fully saturated rings. The van der Waals surface area contributed by atoms with Gasteiger partial charge >= 0.3 is 0 Å². The molecule has 1 heterocycles. The second-order valence-corrected chi connectivity index (χ2v) is 8.23. The molecule has 0 spiro atoms. The van der Waals surface area contributed by atoms with Gasteiger partial charge < -0.3 is 10.6 Å². The van der Waals surface area contributed by atoms with E-state index < -0.39 is 0 Å². The lowest BCUT2D eigenvalue weighted by atomic mass is 10.1. The number of halogens is 2. The van der Waals surface area contributed by atoms with Gasteiger partial charge in [0.25, 0.3) is 0 Å². The molecule has 2 amide bonds. The molecule has 0 aliphatic carbocycles. The van der Waals surface area contributed by atoms with Crippen LogP contribution in [0, 0.1) is 0 Å². The van der Waals surface area contributed by atoms with Crippen LogP contribution >= 0.6 is 23.2 Å². The summed E-state index contributed by atoms with van der Waals surface area (Å²) >= 11 is 12.3. The van der Waals surface area contributed by atoms with E-state index in [1.807, 2.05) is 48.7 Å². The van der Waals surface area contributed by atoms with E-state index in [1.54, 1.807) is 35.0 Å². The van der Waals surface area contributed by atoms with Crippen molar-refractivity contribution in [2.24, 2.45) is 0 Å². The number of rotatable bonds is 6. The lowest BCUT2D eigenvalue weighted by molar-refractivity contribution is -0.116. The van der Waals surface area contributed by atoms with Gasteiger partial charge in [-0.1, -0.05) is 53.5 Å². The Kier molecular flexibility index (Phi) is 6.77. The van der Waals surface area contributed by atoms with E-state index in [4.69, 9.17) is 28.3 Å². The quantitative estimate of drug-likeness (QED) is 0.357. The van der Waals surface area contributed by atoms with Crippen LogP contribution in [0.15, 0.2) is 79.0 Å². The zero-order valence-corrected chi connectivity index (χ0v) is 19.2. The second kappa shape index (κ2) is 9.90. The fourth-order valence-electron chi connectivity index (χ4n) is 3.37. The topological polar surface area (TPSA) is 76.0 Å². The number of para-hydroxylation sites is 1. The molecular weight excluding hydrogens is 459 g/mol. The van der Waals surface area contributed by atoms with Crippen molar-refractivity contribution < 1.29 is 9.59 Å². The molecule has 4 aromatic rings. The van der Waals surface area contributed by atoms with Crippen molar-refractivity contribution in [3.05, 3.63) is 94.6 Å². The van der Waals surface area contributed by atoms with Gasteiger partial charge in [-0.3, -0.25) is 9.59 Å². The van der Waals surface area contributed by atoms with Gasteiger partial charge in [-0.05, 0) is 42.5 Å². The highest BCUT2D eigenvalue weighted by molar-refractivity contribution is 6.34. The van der Waals surface area contributed by atoms with E-state index in [9.17, 15) is 9.59 Å². The zero-order chi connectivity index (χ0) is 23.4. The molecule has 2 N–H and O–H groups in total. The number of hydrogen-bond donors (Lipinski definition) is 2. The van der Waals surface area contributed by atoms with Crippen LogP contribution < -0.4 is 10.6 Å². The number of carbonyl (C=O) groups excluding carboxylic acids is 2. The molecule has 166 valence electrons. The summed E-state index contributed by atoms with van der Waals surface area (Å²) in [5.41, 5.74) is 4.20. The number of carbonyl (C=O) groups is 2. The Bertz CT molecular complexity index is 1300. The first kappa shape index (κ1) is 22.6. The van der Waals surface area contributed by atoms with Gasteiger partial charge in [0.15, 0.2) is 0 Å². The molecule has 0 unspecified atom stereocenters. The van der Waals surface area contributed by atoms with Crippen LogP contribution in [0.2, 0.25) is 10.0 Å². The van der Waals surface area contributed by atoms with Gasteiger partial charge in [-0.15, -0.1) is 0 Å². The first-order valence-electron chi connectivity index (χ1n) is 10.2. The van der Waals surface area contributed by atoms with Crippen LogP contribution in [0.5, 0.6) is 0 Å². The molecule has 33 heavy (non-hydrogen) atoms. The van der Waals surface area contributed by atoms with Gasteiger partial charge in [0, 0.05) is 35.0 Å². The summed E-state index contributed by atoms with van der Waals surface area (Å²) in [7, 11) is 0. The normalized spacial score (nSPS) is 10.6. The van der Waals surface area contributed by atoms with E-state index in [0.717, 1.165) is 16.8 Å². The third kappa shape index (κ3) is 5.61. The van der Waals surface area contributed by atoms with Crippen LogP contribution in [0.25, 0.3) is 16.9 Å². The molecule has 8 heteroatoms. The van der Waals surface area contributed by atoms with Crippen molar-refractivity contribution in [1.29, 1.82) is 0 Å². The average molecular weight is 479 g/mol. The van der Waals surface area contributed by atoms with Crippen LogP contribution in [0.4, 0.5) is 11.4 Å². The maximum absolute atomic E-state index is 12.9. The molecule has 0 radical (unpaired) electrons. The highest BCUT2D eigenvalue weighted by Crippen LogP contribution is 2.28. The van der Waals surface area contributed by atoms with Crippen molar-refractivity contribution in [2.75, 3.05) is 10.6 Å². The minimum absolute atomic E-state index is 0.0918. The number of benzene rings is 3. The summed E-state index contributed by atoms with van der Waals surface area (Å²) in [5, 5.41) is 11.2. The summed E-state index contributed by atoms with van der Waals surface area (Å²) in [5.74, 6) is -0.444. The van der Waals surface area contributed by atoms with E-state index in [-0.39, 0.29) is 18.2 Å². The monoisotopic (exact) mass is 478 g/mol. The summed E-state index contributed by atoms with van der Waals surface area (Å²) < 4.78 is 1.75. The zero-order valence-electron chi connectivity index (χ0n) is 17.7. The Morgan fingerprint density at radius 3 is 2.33 bits per heavy atom. The molecule has 0 bridgehead atoms. The third-order valence-corrected chi connectivity index (χ3v) is 5.41. The smallest absolute Gasteiger partial charge is 0.228 e. The first-order chi connectivity index (χ1) is 15.9. The third-order valence-electron chi connectivity index (χ3n) is 4.84. The lowest BCUT2D eigenvalue weighted by Gasteiger charge is -2.09. The number of amides is 2. The standard InChI is InChI=1S/C25H20Cl2N4O2/c1-16(32)28-20-11-12-23(22(27)14-20)29-24(33)13-18-15-31(21-5-3-2-4-6-21)30-25(18)17-7-9-19(26)10-8-17/h2-12,14-15H,13H2,1H3,(H,28,32)(H,29,33). The Labute approximate surface area is 201 Å². The minimum atomic E-state index is -0.244. The molecule has 0 saturated carbocycles. The van der Waals surface area contributed by atoms with Crippen molar-refractivity contribution in [3.63, 3.8) is 0 Å².